The van der Waals surface area contributed by atoms with Crippen LogP contribution in [0.3, 0.4) is 0 Å². The molecule has 6 rings (SSSR count). The van der Waals surface area contributed by atoms with E-state index in [-0.39, 0.29) is 24.2 Å². The molecule has 0 bridgehead atoms. The molecule has 0 spiro atoms. The van der Waals surface area contributed by atoms with Crippen molar-refractivity contribution in [2.75, 3.05) is 22.6 Å². The van der Waals surface area contributed by atoms with Gasteiger partial charge in [-0.15, -0.1) is 0 Å². The second kappa shape index (κ2) is 10.2. The Morgan fingerprint density at radius 1 is 0.974 bits per heavy atom. The largest absolute Gasteiger partial charge is 0.496 e. The minimum Gasteiger partial charge on any atom is -0.496 e. The van der Waals surface area contributed by atoms with Crippen LogP contribution in [0.2, 0.25) is 0 Å². The fourth-order valence-electron chi connectivity index (χ4n) is 5.55. The molecule has 7 heteroatoms. The molecule has 2 atom stereocenters. The summed E-state index contributed by atoms with van der Waals surface area (Å²) in [6.07, 6.45) is 2.49. The maximum absolute atomic E-state index is 14.2. The fraction of sp³-hybridized carbons (Fsp3) is 0.188. The van der Waals surface area contributed by atoms with Gasteiger partial charge in [0.05, 0.1) is 30.8 Å². The normalized spacial score (nSPS) is 18.5. The third kappa shape index (κ3) is 4.56. The molecule has 196 valence electrons. The Hall–Kier alpha value is -4.78. The number of amides is 2. The Balaban J connectivity index is 1.54. The smallest absolute Gasteiger partial charge is 0.327 e. The van der Waals surface area contributed by atoms with Crippen LogP contribution in [0.1, 0.15) is 41.7 Å². The highest BCUT2D eigenvalue weighted by molar-refractivity contribution is 6.09. The van der Waals surface area contributed by atoms with Crippen molar-refractivity contribution in [3.8, 4) is 5.75 Å². The number of Topliss-reactive ketones (excluding diaryl/α,β-unsaturated/α-hetero) is 1. The summed E-state index contributed by atoms with van der Waals surface area (Å²) in [6, 6.07) is 25.5. The molecule has 0 unspecified atom stereocenters. The monoisotopic (exact) mass is 519 g/mol. The van der Waals surface area contributed by atoms with Crippen LogP contribution in [0.25, 0.3) is 0 Å². The first-order valence-electron chi connectivity index (χ1n) is 13.0. The molecule has 0 saturated carbocycles. The van der Waals surface area contributed by atoms with Crippen LogP contribution in [0.4, 0.5) is 21.9 Å². The molecule has 0 radical (unpaired) electrons. The molecule has 2 heterocycles. The van der Waals surface area contributed by atoms with E-state index in [0.717, 1.165) is 28.3 Å². The molecule has 1 aliphatic carbocycles. The number of aryl methyl sites for hydroxylation is 1. The molecule has 39 heavy (non-hydrogen) atoms. The van der Waals surface area contributed by atoms with Crippen molar-refractivity contribution >= 4 is 28.9 Å². The molecular formula is C32H29N3O4. The number of rotatable bonds is 4. The van der Waals surface area contributed by atoms with E-state index in [2.05, 4.69) is 10.6 Å². The summed E-state index contributed by atoms with van der Waals surface area (Å²) >= 11 is 0. The molecule has 3 aromatic carbocycles. The summed E-state index contributed by atoms with van der Waals surface area (Å²) in [7, 11) is 1.60. The SMILES string of the molecule is COc1ccccc1[C@H]1C2=C(C[C@H](c3ccco3)CC2=O)Nc2ccccc2N1C(=O)Nc1ccc(C)cc1. The van der Waals surface area contributed by atoms with Crippen molar-refractivity contribution in [1.82, 2.24) is 0 Å². The molecule has 1 aliphatic heterocycles. The zero-order chi connectivity index (χ0) is 26.9. The number of hydrogen-bond acceptors (Lipinski definition) is 5. The maximum Gasteiger partial charge on any atom is 0.327 e. The second-order valence-electron chi connectivity index (χ2n) is 9.89. The fourth-order valence-corrected chi connectivity index (χ4v) is 5.55. The van der Waals surface area contributed by atoms with Crippen LogP contribution in [-0.4, -0.2) is 18.9 Å². The average Bonchev–Trinajstić information content (AvgIpc) is 3.44. The molecule has 4 aromatic rings. The van der Waals surface area contributed by atoms with Crippen LogP contribution >= 0.6 is 0 Å². The van der Waals surface area contributed by atoms with Gasteiger partial charge < -0.3 is 19.8 Å². The van der Waals surface area contributed by atoms with Gasteiger partial charge in [-0.25, -0.2) is 4.79 Å². The summed E-state index contributed by atoms with van der Waals surface area (Å²) in [5, 5.41) is 6.59. The minimum absolute atomic E-state index is 0.0398. The third-order valence-corrected chi connectivity index (χ3v) is 7.39. The van der Waals surface area contributed by atoms with Crippen LogP contribution < -0.4 is 20.3 Å². The van der Waals surface area contributed by atoms with Gasteiger partial charge in [0.15, 0.2) is 5.78 Å². The van der Waals surface area contributed by atoms with E-state index >= 15 is 0 Å². The maximum atomic E-state index is 14.2. The first-order valence-corrected chi connectivity index (χ1v) is 13.0. The number of ether oxygens (including phenoxy) is 1. The number of ketones is 1. The molecule has 0 saturated heterocycles. The Kier molecular flexibility index (Phi) is 6.40. The highest BCUT2D eigenvalue weighted by Gasteiger charge is 2.43. The van der Waals surface area contributed by atoms with E-state index in [4.69, 9.17) is 9.15 Å². The van der Waals surface area contributed by atoms with E-state index in [9.17, 15) is 9.59 Å². The summed E-state index contributed by atoms with van der Waals surface area (Å²) < 4.78 is 11.4. The van der Waals surface area contributed by atoms with Crippen LogP contribution in [0.5, 0.6) is 5.75 Å². The number of methoxy groups -OCH3 is 1. The van der Waals surface area contributed by atoms with Gasteiger partial charge >= 0.3 is 6.03 Å². The molecular weight excluding hydrogens is 490 g/mol. The van der Waals surface area contributed by atoms with Crippen molar-refractivity contribution < 1.29 is 18.7 Å². The number of allylic oxidation sites excluding steroid dienone is 1. The van der Waals surface area contributed by atoms with E-state index in [1.165, 1.54) is 0 Å². The lowest BCUT2D eigenvalue weighted by Gasteiger charge is -2.35. The lowest BCUT2D eigenvalue weighted by molar-refractivity contribution is -0.116. The summed E-state index contributed by atoms with van der Waals surface area (Å²) in [5.41, 5.74) is 5.23. The van der Waals surface area contributed by atoms with E-state index in [1.54, 1.807) is 18.3 Å². The number of urea groups is 1. The molecule has 0 fully saturated rings. The number of carbonyl (C=O) groups excluding carboxylic acids is 2. The Bertz CT molecular complexity index is 1560. The first-order chi connectivity index (χ1) is 19.0. The number of para-hydroxylation sites is 3. The summed E-state index contributed by atoms with van der Waals surface area (Å²) in [6.45, 7) is 2.00. The van der Waals surface area contributed by atoms with Crippen LogP contribution in [0.15, 0.2) is 107 Å². The van der Waals surface area contributed by atoms with Gasteiger partial charge in [0.2, 0.25) is 0 Å². The van der Waals surface area contributed by atoms with E-state index < -0.39 is 6.04 Å². The molecule has 1 aromatic heterocycles. The average molecular weight is 520 g/mol. The van der Waals surface area contributed by atoms with E-state index in [0.29, 0.717) is 29.1 Å². The number of hydrogen-bond donors (Lipinski definition) is 2. The van der Waals surface area contributed by atoms with Gasteiger partial charge in [-0.2, -0.15) is 0 Å². The zero-order valence-electron chi connectivity index (χ0n) is 21.8. The predicted molar refractivity (Wildman–Crippen MR) is 151 cm³/mol. The van der Waals surface area contributed by atoms with Crippen molar-refractivity contribution in [1.29, 1.82) is 0 Å². The van der Waals surface area contributed by atoms with Gasteiger partial charge in [0.1, 0.15) is 11.5 Å². The molecule has 7 nitrogen and oxygen atoms in total. The van der Waals surface area contributed by atoms with Crippen LogP contribution in [0, 0.1) is 6.92 Å². The van der Waals surface area contributed by atoms with E-state index in [1.807, 2.05) is 91.9 Å². The number of fused-ring (bicyclic) bond motifs is 1. The van der Waals surface area contributed by atoms with Gasteiger partial charge in [-0.3, -0.25) is 9.69 Å². The molecule has 2 aliphatic rings. The van der Waals surface area contributed by atoms with Crippen molar-refractivity contribution in [2.24, 2.45) is 0 Å². The van der Waals surface area contributed by atoms with Crippen LogP contribution in [-0.2, 0) is 4.79 Å². The Morgan fingerprint density at radius 3 is 2.51 bits per heavy atom. The highest BCUT2D eigenvalue weighted by Crippen LogP contribution is 2.49. The number of nitrogens with zero attached hydrogens (tertiary/aromatic N) is 1. The number of carbonyl (C=O) groups is 2. The van der Waals surface area contributed by atoms with Crippen molar-refractivity contribution in [3.05, 3.63) is 119 Å². The summed E-state index contributed by atoms with van der Waals surface area (Å²) in [4.78, 5) is 29.9. The number of benzene rings is 3. The highest BCUT2D eigenvalue weighted by atomic mass is 16.5. The minimum atomic E-state index is -0.720. The lowest BCUT2D eigenvalue weighted by atomic mass is 9.80. The standard InChI is InChI=1S/C32H29N3O4/c1-20-13-15-22(16-14-20)33-32(37)35-26-10-5-4-9-24(26)34-25-18-21(28-12-7-17-39-28)19-27(36)30(25)31(35)23-8-3-6-11-29(23)38-2/h3-17,21,31,34H,18-19H2,1-2H3,(H,33,37)/t21-,31-/m0/s1. The Morgan fingerprint density at radius 2 is 1.74 bits per heavy atom. The predicted octanol–water partition coefficient (Wildman–Crippen LogP) is 7.20. The van der Waals surface area contributed by atoms with Gasteiger partial charge in [0, 0.05) is 34.9 Å². The van der Waals surface area contributed by atoms with Gasteiger partial charge in [-0.1, -0.05) is 48.0 Å². The topological polar surface area (TPSA) is 83.8 Å². The van der Waals surface area contributed by atoms with Gasteiger partial charge in [-0.05, 0) is 55.8 Å². The molecule has 2 amide bonds. The number of furan rings is 1. The third-order valence-electron chi connectivity index (χ3n) is 7.39. The quantitative estimate of drug-likeness (QED) is 0.298. The first kappa shape index (κ1) is 24.6. The summed E-state index contributed by atoms with van der Waals surface area (Å²) in [5.74, 6) is 1.24. The molecule has 2 N–H and O–H groups in total. The Labute approximate surface area is 227 Å². The van der Waals surface area contributed by atoms with Gasteiger partial charge in [0.25, 0.3) is 0 Å². The lowest BCUT2D eigenvalue weighted by Crippen LogP contribution is -2.41. The second-order valence-corrected chi connectivity index (χ2v) is 9.89. The number of nitrogens with one attached hydrogen (secondary N) is 2. The van der Waals surface area contributed by atoms with Crippen molar-refractivity contribution in [2.45, 2.75) is 31.7 Å². The number of anilines is 3. The van der Waals surface area contributed by atoms with Crippen molar-refractivity contribution in [3.63, 3.8) is 0 Å². The zero-order valence-corrected chi connectivity index (χ0v) is 21.8.